The number of hydrogen-bond donors (Lipinski definition) is 1. The Morgan fingerprint density at radius 1 is 1.18 bits per heavy atom. The maximum Gasteiger partial charge on any atom is 0.416 e. The first-order valence-corrected chi connectivity index (χ1v) is 6.97. The van der Waals surface area contributed by atoms with Crippen LogP contribution in [-0.2, 0) is 12.7 Å². The van der Waals surface area contributed by atoms with Gasteiger partial charge in [-0.1, -0.05) is 18.2 Å². The highest BCUT2D eigenvalue weighted by atomic mass is 19.4. The van der Waals surface area contributed by atoms with E-state index in [0.717, 1.165) is 6.07 Å². The third-order valence-corrected chi connectivity index (χ3v) is 3.35. The van der Waals surface area contributed by atoms with Crippen molar-refractivity contribution in [3.63, 3.8) is 0 Å². The number of alkyl halides is 3. The fourth-order valence-electron chi connectivity index (χ4n) is 2.22. The zero-order valence-electron chi connectivity index (χ0n) is 12.6. The molecule has 0 amide bonds. The summed E-state index contributed by atoms with van der Waals surface area (Å²) in [6.07, 6.45) is -4.37. The number of rotatable bonds is 5. The molecule has 0 bridgehead atoms. The summed E-state index contributed by atoms with van der Waals surface area (Å²) < 4.78 is 40.7. The maximum atomic E-state index is 13.0. The minimum Gasteiger partial charge on any atom is -0.303 e. The molecule has 1 unspecified atom stereocenters. The van der Waals surface area contributed by atoms with Crippen LogP contribution in [0, 0.1) is 0 Å². The van der Waals surface area contributed by atoms with E-state index in [9.17, 15) is 13.2 Å². The first kappa shape index (κ1) is 16.4. The SMILES string of the molecule is CC(NCc1nnnn1C(C)C)c1ccccc1C(F)(F)F. The van der Waals surface area contributed by atoms with Gasteiger partial charge in [0.2, 0.25) is 0 Å². The van der Waals surface area contributed by atoms with Crippen molar-refractivity contribution >= 4 is 0 Å². The van der Waals surface area contributed by atoms with Crippen molar-refractivity contribution in [3.8, 4) is 0 Å². The van der Waals surface area contributed by atoms with Crippen LogP contribution in [0.15, 0.2) is 24.3 Å². The Morgan fingerprint density at radius 3 is 2.50 bits per heavy atom. The molecule has 0 aliphatic carbocycles. The number of benzene rings is 1. The molecule has 0 saturated carbocycles. The molecule has 1 heterocycles. The Bertz CT molecular complexity index is 621. The highest BCUT2D eigenvalue weighted by molar-refractivity contribution is 5.32. The molecule has 1 N–H and O–H groups in total. The largest absolute Gasteiger partial charge is 0.416 e. The number of nitrogens with one attached hydrogen (secondary N) is 1. The Morgan fingerprint density at radius 2 is 1.86 bits per heavy atom. The fraction of sp³-hybridized carbons (Fsp3) is 0.500. The van der Waals surface area contributed by atoms with Crippen LogP contribution in [0.1, 0.15) is 49.8 Å². The van der Waals surface area contributed by atoms with Crippen LogP contribution in [0.2, 0.25) is 0 Å². The van der Waals surface area contributed by atoms with E-state index in [0.29, 0.717) is 12.4 Å². The molecule has 1 aromatic heterocycles. The molecule has 0 aliphatic rings. The molecule has 0 fully saturated rings. The molecule has 2 rings (SSSR count). The summed E-state index contributed by atoms with van der Waals surface area (Å²) in [7, 11) is 0. The molecule has 8 heteroatoms. The molecule has 0 radical (unpaired) electrons. The summed E-state index contributed by atoms with van der Waals surface area (Å²) in [4.78, 5) is 0. The summed E-state index contributed by atoms with van der Waals surface area (Å²) in [6.45, 7) is 5.84. The predicted octanol–water partition coefficient (Wildman–Crippen LogP) is 3.12. The first-order chi connectivity index (χ1) is 10.3. The second-order valence-electron chi connectivity index (χ2n) is 5.32. The van der Waals surface area contributed by atoms with Crippen LogP contribution in [0.4, 0.5) is 13.2 Å². The van der Waals surface area contributed by atoms with Crippen LogP contribution in [0.25, 0.3) is 0 Å². The zero-order chi connectivity index (χ0) is 16.3. The van der Waals surface area contributed by atoms with Gasteiger partial charge in [-0.15, -0.1) is 5.10 Å². The molecular formula is C14H18F3N5. The monoisotopic (exact) mass is 313 g/mol. The summed E-state index contributed by atoms with van der Waals surface area (Å²) in [6, 6.07) is 5.16. The molecule has 1 atom stereocenters. The second-order valence-corrected chi connectivity index (χ2v) is 5.32. The van der Waals surface area contributed by atoms with Crippen molar-refractivity contribution < 1.29 is 13.2 Å². The molecule has 1 aromatic carbocycles. The quantitative estimate of drug-likeness (QED) is 0.921. The number of tetrazole rings is 1. The van der Waals surface area contributed by atoms with Gasteiger partial charge in [0.25, 0.3) is 0 Å². The van der Waals surface area contributed by atoms with E-state index in [4.69, 9.17) is 0 Å². The lowest BCUT2D eigenvalue weighted by molar-refractivity contribution is -0.138. The van der Waals surface area contributed by atoms with Crippen LogP contribution in [0.5, 0.6) is 0 Å². The molecule has 2 aromatic rings. The van der Waals surface area contributed by atoms with Gasteiger partial charge in [-0.05, 0) is 42.8 Å². The molecule has 120 valence electrons. The van der Waals surface area contributed by atoms with E-state index in [1.165, 1.54) is 12.1 Å². The van der Waals surface area contributed by atoms with Crippen LogP contribution >= 0.6 is 0 Å². The Kier molecular flexibility index (Phi) is 4.80. The van der Waals surface area contributed by atoms with Crippen LogP contribution < -0.4 is 5.32 Å². The number of aromatic nitrogens is 4. The lowest BCUT2D eigenvalue weighted by Gasteiger charge is -2.19. The van der Waals surface area contributed by atoms with Crippen molar-refractivity contribution in [1.82, 2.24) is 25.5 Å². The average molecular weight is 313 g/mol. The summed E-state index contributed by atoms with van der Waals surface area (Å²) in [5.74, 6) is 0.589. The van der Waals surface area contributed by atoms with Gasteiger partial charge < -0.3 is 5.32 Å². The van der Waals surface area contributed by atoms with Crippen molar-refractivity contribution in [3.05, 3.63) is 41.2 Å². The Hall–Kier alpha value is -1.96. The first-order valence-electron chi connectivity index (χ1n) is 6.97. The van der Waals surface area contributed by atoms with Crippen molar-refractivity contribution in [2.45, 2.75) is 45.6 Å². The van der Waals surface area contributed by atoms with E-state index < -0.39 is 17.8 Å². The normalized spacial score (nSPS) is 13.6. The number of halogens is 3. The summed E-state index contributed by atoms with van der Waals surface area (Å²) >= 11 is 0. The van der Waals surface area contributed by atoms with E-state index in [1.807, 2.05) is 13.8 Å². The minimum atomic E-state index is -4.37. The predicted molar refractivity (Wildman–Crippen MR) is 74.9 cm³/mol. The number of hydrogen-bond acceptors (Lipinski definition) is 4. The third-order valence-electron chi connectivity index (χ3n) is 3.35. The summed E-state index contributed by atoms with van der Waals surface area (Å²) in [5, 5.41) is 14.4. The van der Waals surface area contributed by atoms with Crippen molar-refractivity contribution in [2.24, 2.45) is 0 Å². The molecule has 0 aliphatic heterocycles. The molecule has 5 nitrogen and oxygen atoms in total. The average Bonchev–Trinajstić information content (AvgIpc) is 2.92. The van der Waals surface area contributed by atoms with Gasteiger partial charge in [-0.3, -0.25) is 0 Å². The van der Waals surface area contributed by atoms with Gasteiger partial charge in [0.15, 0.2) is 5.82 Å². The molecule has 0 spiro atoms. The lowest BCUT2D eigenvalue weighted by atomic mass is 10.0. The van der Waals surface area contributed by atoms with E-state index in [1.54, 1.807) is 17.7 Å². The van der Waals surface area contributed by atoms with E-state index in [2.05, 4.69) is 20.8 Å². The Labute approximate surface area is 126 Å². The van der Waals surface area contributed by atoms with Gasteiger partial charge in [-0.2, -0.15) is 13.2 Å². The second kappa shape index (κ2) is 6.43. The smallest absolute Gasteiger partial charge is 0.303 e. The lowest BCUT2D eigenvalue weighted by Crippen LogP contribution is -2.24. The molecule has 22 heavy (non-hydrogen) atoms. The van der Waals surface area contributed by atoms with Gasteiger partial charge in [0.1, 0.15) is 0 Å². The number of nitrogens with zero attached hydrogens (tertiary/aromatic N) is 4. The maximum absolute atomic E-state index is 13.0. The third kappa shape index (κ3) is 3.62. The zero-order valence-corrected chi connectivity index (χ0v) is 12.6. The molecule has 0 saturated heterocycles. The van der Waals surface area contributed by atoms with Crippen LogP contribution in [-0.4, -0.2) is 20.2 Å². The topological polar surface area (TPSA) is 55.6 Å². The molecular weight excluding hydrogens is 295 g/mol. The summed E-state index contributed by atoms with van der Waals surface area (Å²) in [5.41, 5.74) is -0.419. The van der Waals surface area contributed by atoms with Crippen LogP contribution in [0.3, 0.4) is 0 Å². The fourth-order valence-corrected chi connectivity index (χ4v) is 2.22. The standard InChI is InChI=1S/C14H18F3N5/c1-9(2)22-13(19-20-21-22)8-18-10(3)11-6-4-5-7-12(11)14(15,16)17/h4-7,9-10,18H,8H2,1-3H3. The van der Waals surface area contributed by atoms with Gasteiger partial charge >= 0.3 is 6.18 Å². The van der Waals surface area contributed by atoms with Crippen molar-refractivity contribution in [1.29, 1.82) is 0 Å². The van der Waals surface area contributed by atoms with Gasteiger partial charge in [0, 0.05) is 6.04 Å². The highest BCUT2D eigenvalue weighted by Crippen LogP contribution is 2.34. The minimum absolute atomic E-state index is 0.0876. The van der Waals surface area contributed by atoms with Crippen molar-refractivity contribution in [2.75, 3.05) is 0 Å². The van der Waals surface area contributed by atoms with Gasteiger partial charge in [0.05, 0.1) is 18.2 Å². The van der Waals surface area contributed by atoms with Gasteiger partial charge in [-0.25, -0.2) is 4.68 Å². The highest BCUT2D eigenvalue weighted by Gasteiger charge is 2.34. The van der Waals surface area contributed by atoms with E-state index >= 15 is 0 Å². The Balaban J connectivity index is 2.13. The van der Waals surface area contributed by atoms with E-state index in [-0.39, 0.29) is 11.6 Å².